The summed E-state index contributed by atoms with van der Waals surface area (Å²) in [6.45, 7) is 25.2. The van der Waals surface area contributed by atoms with Gasteiger partial charge in [0.2, 0.25) is 9.32 Å². The van der Waals surface area contributed by atoms with E-state index in [-0.39, 0.29) is 79.3 Å². The Morgan fingerprint density at radius 3 is 0.551 bits per heavy atom. The summed E-state index contributed by atoms with van der Waals surface area (Å²) in [5.74, 6) is -2.21. The molecule has 0 unspecified atom stereocenters. The molecule has 0 aromatic heterocycles. The van der Waals surface area contributed by atoms with E-state index in [1.807, 2.05) is 0 Å². The van der Waals surface area contributed by atoms with E-state index in [1.54, 1.807) is 83.1 Å². The first-order chi connectivity index (χ1) is 23.3. The molecule has 0 aromatic carbocycles. The number of hydrogen-bond donors (Lipinski definition) is 0. The number of esters is 2. The van der Waals surface area contributed by atoms with Crippen LogP contribution < -0.4 is 0 Å². The molecule has 0 atom stereocenters. The average molecular weight is 779 g/mol. The van der Waals surface area contributed by atoms with Crippen LogP contribution >= 0.6 is 0 Å². The summed E-state index contributed by atoms with van der Waals surface area (Å²) in [5.41, 5.74) is 0. The highest BCUT2D eigenvalue weighted by Crippen LogP contribution is 2.54. The van der Waals surface area contributed by atoms with Crippen molar-refractivity contribution in [2.75, 3.05) is 79.3 Å². The molecule has 0 N–H and O–H groups in total. The second-order valence-electron chi connectivity index (χ2n) is 10.3. The number of hydrogen-bond acceptors (Lipinski definition) is 15. The summed E-state index contributed by atoms with van der Waals surface area (Å²) >= 11 is 0. The van der Waals surface area contributed by atoms with Gasteiger partial charge in [0.1, 0.15) is 0 Å². The van der Waals surface area contributed by atoms with E-state index in [1.165, 1.54) is 13.8 Å². The van der Waals surface area contributed by atoms with Crippen LogP contribution in [0.1, 0.15) is 96.9 Å². The van der Waals surface area contributed by atoms with Crippen LogP contribution in [0.3, 0.4) is 0 Å². The first-order valence-corrected chi connectivity index (χ1v) is 24.6. The van der Waals surface area contributed by atoms with E-state index in [9.17, 15) is 0 Å². The summed E-state index contributed by atoms with van der Waals surface area (Å²) in [6, 6.07) is 0. The minimum absolute atomic E-state index is 0.0969. The quantitative estimate of drug-likeness (QED) is 0.0554. The lowest BCUT2D eigenvalue weighted by atomic mass is 10.4. The van der Waals surface area contributed by atoms with Crippen molar-refractivity contribution >= 4 is 47.2 Å². The highest BCUT2D eigenvalue weighted by molar-refractivity contribution is 6.91. The maximum atomic E-state index is 15.2. The number of rotatable bonds is 30. The number of ether oxygens (including phenoxy) is 1. The molecule has 0 aliphatic heterocycles. The van der Waals surface area contributed by atoms with E-state index >= 15 is 9.59 Å². The maximum absolute atomic E-state index is 15.2. The fraction of sp³-hybridized carbons (Fsp3) is 0.933. The summed E-state index contributed by atoms with van der Waals surface area (Å²) in [4.78, 5) is 30.4. The molecule has 0 aliphatic carbocycles. The Balaban J connectivity index is 8.31. The van der Waals surface area contributed by atoms with Crippen LogP contribution in [0.15, 0.2) is 0 Å². The Labute approximate surface area is 299 Å². The van der Waals surface area contributed by atoms with Crippen molar-refractivity contribution in [3.8, 4) is 0 Å². The van der Waals surface area contributed by atoms with Gasteiger partial charge in [-0.2, -0.15) is 0 Å². The number of carbonyl (C=O) groups excluding carboxylic acids is 2. The van der Waals surface area contributed by atoms with Crippen molar-refractivity contribution < 1.29 is 67.4 Å². The van der Waals surface area contributed by atoms with Crippen molar-refractivity contribution in [3.05, 3.63) is 0 Å². The molecule has 0 heterocycles. The lowest BCUT2D eigenvalue weighted by Crippen LogP contribution is -2.75. The molecule has 0 spiro atoms. The van der Waals surface area contributed by atoms with E-state index in [4.69, 9.17) is 57.8 Å². The molecule has 49 heavy (non-hydrogen) atoms. The lowest BCUT2D eigenvalue weighted by molar-refractivity contribution is -0.166. The van der Waals surface area contributed by atoms with Gasteiger partial charge in [-0.15, -0.1) is 0 Å². The molecular formula is C30H66O15Si4. The van der Waals surface area contributed by atoms with Crippen molar-refractivity contribution in [1.82, 2.24) is 0 Å². The molecule has 0 fully saturated rings. The van der Waals surface area contributed by atoms with Crippen LogP contribution in [-0.2, 0) is 67.4 Å². The van der Waals surface area contributed by atoms with Gasteiger partial charge in [0.25, 0.3) is 0 Å². The third kappa shape index (κ3) is 9.95. The molecule has 0 saturated heterocycles. The molecule has 292 valence electrons. The maximum Gasteiger partial charge on any atom is 0.523 e. The second kappa shape index (κ2) is 23.2. The molecule has 15 nitrogen and oxygen atoms in total. The van der Waals surface area contributed by atoms with Crippen molar-refractivity contribution in [1.29, 1.82) is 0 Å². The smallest absolute Gasteiger partial charge is 0.392 e. The first-order valence-electron chi connectivity index (χ1n) is 17.7. The van der Waals surface area contributed by atoms with Crippen LogP contribution in [0.5, 0.6) is 0 Å². The zero-order valence-corrected chi connectivity index (χ0v) is 36.6. The van der Waals surface area contributed by atoms with E-state index in [2.05, 4.69) is 0 Å². The van der Waals surface area contributed by atoms with Crippen LogP contribution in [0.4, 0.5) is 0 Å². The van der Waals surface area contributed by atoms with E-state index < -0.39 is 56.5 Å². The van der Waals surface area contributed by atoms with Crippen LogP contribution in [0, 0.1) is 0 Å². The average Bonchev–Trinajstić information content (AvgIpc) is 3.05. The Morgan fingerprint density at radius 1 is 0.327 bits per heavy atom. The molecule has 0 bridgehead atoms. The summed E-state index contributed by atoms with van der Waals surface area (Å²) < 4.78 is 77.9. The van der Waals surface area contributed by atoms with Gasteiger partial charge in [-0.1, -0.05) is 0 Å². The summed E-state index contributed by atoms with van der Waals surface area (Å²) in [5, 5.41) is 0. The molecule has 0 radical (unpaired) electrons. The third-order valence-electron chi connectivity index (χ3n) is 7.46. The summed E-state index contributed by atoms with van der Waals surface area (Å²) in [7, 11) is -17.1. The van der Waals surface area contributed by atoms with E-state index in [0.717, 1.165) is 0 Å². The van der Waals surface area contributed by atoms with Crippen molar-refractivity contribution in [2.24, 2.45) is 0 Å². The van der Waals surface area contributed by atoms with Crippen LogP contribution in [-0.4, -0.2) is 126 Å². The third-order valence-corrected chi connectivity index (χ3v) is 24.9. The lowest BCUT2D eigenvalue weighted by Gasteiger charge is -2.49. The molecule has 0 aromatic rings. The minimum atomic E-state index is -4.27. The highest BCUT2D eigenvalue weighted by Gasteiger charge is 2.83. The van der Waals surface area contributed by atoms with Gasteiger partial charge in [-0.3, -0.25) is 9.59 Å². The second-order valence-corrected chi connectivity index (χ2v) is 23.3. The normalized spacial score (nSPS) is 13.6. The van der Waals surface area contributed by atoms with Gasteiger partial charge in [-0.25, -0.2) is 0 Å². The van der Waals surface area contributed by atoms with Gasteiger partial charge in [0, 0.05) is 79.3 Å². The highest BCUT2D eigenvalue weighted by atomic mass is 28.5. The van der Waals surface area contributed by atoms with Gasteiger partial charge >= 0.3 is 47.2 Å². The van der Waals surface area contributed by atoms with Crippen molar-refractivity contribution in [3.63, 3.8) is 0 Å². The number of carbonyl (C=O) groups is 2. The zero-order valence-electron chi connectivity index (χ0n) is 32.6. The fourth-order valence-electron chi connectivity index (χ4n) is 5.68. The molecule has 19 heteroatoms. The molecule has 0 rings (SSSR count). The van der Waals surface area contributed by atoms with Crippen LogP contribution in [0.25, 0.3) is 0 Å². The SMILES string of the molecule is CCO[Si](OCC)(OCC)C(C)(C(=O)OC(=O)C(C)([Si](OCC)(OCC)OCC)[Si](OCC)(OCC)OCC)[Si](OCC)(OCC)OCC. The Bertz CT molecular complexity index is 753. The first kappa shape index (κ1) is 48.5. The van der Waals surface area contributed by atoms with E-state index in [0.29, 0.717) is 0 Å². The minimum Gasteiger partial charge on any atom is -0.392 e. The van der Waals surface area contributed by atoms with Crippen molar-refractivity contribution in [2.45, 2.75) is 106 Å². The Morgan fingerprint density at radius 2 is 0.449 bits per heavy atom. The largest absolute Gasteiger partial charge is 0.523 e. The predicted molar refractivity (Wildman–Crippen MR) is 190 cm³/mol. The Kier molecular flexibility index (Phi) is 23.0. The standard InChI is InChI=1S/C30H66O15Si4/c1-15-33-46(34-16-2,35-17-3)29(13,47(36-18-4,37-19-5)38-20-6)27(31)45-28(32)30(14,48(39-21-7,40-22-8)41-23-9)49(42-24-10,43-25-11)44-26-12/h15-26H2,1-14H3. The van der Waals surface area contributed by atoms with Gasteiger partial charge in [0.05, 0.1) is 0 Å². The molecule has 0 aliphatic rings. The summed E-state index contributed by atoms with van der Waals surface area (Å²) in [6.07, 6.45) is 0. The monoisotopic (exact) mass is 778 g/mol. The fourth-order valence-corrected chi connectivity index (χ4v) is 21.5. The van der Waals surface area contributed by atoms with Gasteiger partial charge in [-0.05, 0) is 96.9 Å². The Hall–Kier alpha value is -0.472. The predicted octanol–water partition coefficient (Wildman–Crippen LogP) is 4.85. The molecule has 0 saturated carbocycles. The zero-order chi connectivity index (χ0) is 37.8. The molecular weight excluding hydrogens is 713 g/mol. The topological polar surface area (TPSA) is 154 Å². The van der Waals surface area contributed by atoms with Crippen LogP contribution in [0.2, 0.25) is 9.32 Å². The molecule has 0 amide bonds. The van der Waals surface area contributed by atoms with Gasteiger partial charge < -0.3 is 57.8 Å². The van der Waals surface area contributed by atoms with Gasteiger partial charge in [0.15, 0.2) is 0 Å².